The molecule has 4 heteroatoms. The van der Waals surface area contributed by atoms with E-state index in [-0.39, 0.29) is 0 Å². The van der Waals surface area contributed by atoms with E-state index in [1.807, 2.05) is 12.1 Å². The molecule has 0 aliphatic carbocycles. The monoisotopic (exact) mass is 193 g/mol. The Morgan fingerprint density at radius 2 is 2.50 bits per heavy atom. The van der Waals surface area contributed by atoms with Crippen LogP contribution >= 0.6 is 0 Å². The molecule has 0 fully saturated rings. The van der Waals surface area contributed by atoms with Crippen molar-refractivity contribution < 1.29 is 14.3 Å². The maximum Gasteiger partial charge on any atom is 0.411 e. The molecule has 0 radical (unpaired) electrons. The fourth-order valence-electron chi connectivity index (χ4n) is 1.33. The van der Waals surface area contributed by atoms with E-state index in [0.29, 0.717) is 13.2 Å². The van der Waals surface area contributed by atoms with Crippen LogP contribution in [0.4, 0.5) is 10.5 Å². The number of carbonyl (C=O) groups is 1. The second-order valence-electron chi connectivity index (χ2n) is 2.95. The molecule has 2 bridgehead atoms. The average Bonchev–Trinajstić information content (AvgIpc) is 2.19. The lowest BCUT2D eigenvalue weighted by Crippen LogP contribution is -2.16. The van der Waals surface area contributed by atoms with Gasteiger partial charge in [0.2, 0.25) is 0 Å². The molecular formula is C10H11NO3. The summed E-state index contributed by atoms with van der Waals surface area (Å²) in [7, 11) is 0. The summed E-state index contributed by atoms with van der Waals surface area (Å²) in [6, 6.07) is 5.59. The van der Waals surface area contributed by atoms with Gasteiger partial charge >= 0.3 is 6.09 Å². The summed E-state index contributed by atoms with van der Waals surface area (Å²) < 4.78 is 10.0. The lowest BCUT2D eigenvalue weighted by Gasteiger charge is -2.18. The van der Waals surface area contributed by atoms with E-state index >= 15 is 0 Å². The van der Waals surface area contributed by atoms with Gasteiger partial charge in [-0.15, -0.1) is 0 Å². The van der Waals surface area contributed by atoms with Crippen LogP contribution in [-0.4, -0.2) is 12.7 Å². The highest BCUT2D eigenvalue weighted by Gasteiger charge is 2.13. The van der Waals surface area contributed by atoms with E-state index in [1.165, 1.54) is 0 Å². The van der Waals surface area contributed by atoms with Crippen LogP contribution in [0.25, 0.3) is 0 Å². The summed E-state index contributed by atoms with van der Waals surface area (Å²) >= 11 is 0. The quantitative estimate of drug-likeness (QED) is 0.782. The molecule has 0 saturated carbocycles. The van der Waals surface area contributed by atoms with Gasteiger partial charge in [0.15, 0.2) is 0 Å². The number of nitrogens with one attached hydrogen (secondary N) is 1. The first-order valence-corrected chi connectivity index (χ1v) is 4.49. The van der Waals surface area contributed by atoms with Crippen molar-refractivity contribution in [3.63, 3.8) is 0 Å². The topological polar surface area (TPSA) is 47.6 Å². The number of fused-ring (bicyclic) bond motifs is 3. The van der Waals surface area contributed by atoms with Gasteiger partial charge in [-0.05, 0) is 19.1 Å². The number of rotatable bonds is 2. The van der Waals surface area contributed by atoms with E-state index in [9.17, 15) is 4.79 Å². The van der Waals surface area contributed by atoms with Crippen LogP contribution in [-0.2, 0) is 11.3 Å². The normalized spacial score (nSPS) is 12.1. The molecule has 0 aromatic heterocycles. The Morgan fingerprint density at radius 1 is 1.64 bits per heavy atom. The van der Waals surface area contributed by atoms with Gasteiger partial charge in [-0.3, -0.25) is 5.32 Å². The van der Waals surface area contributed by atoms with Gasteiger partial charge in [-0.2, -0.15) is 0 Å². The molecule has 4 nitrogen and oxygen atoms in total. The minimum Gasteiger partial charge on any atom is -0.489 e. The largest absolute Gasteiger partial charge is 0.489 e. The van der Waals surface area contributed by atoms with Gasteiger partial charge in [0.05, 0.1) is 12.3 Å². The zero-order valence-corrected chi connectivity index (χ0v) is 7.87. The van der Waals surface area contributed by atoms with Crippen molar-refractivity contribution >= 4 is 11.8 Å². The second-order valence-corrected chi connectivity index (χ2v) is 2.95. The first-order chi connectivity index (χ1) is 6.79. The number of hydrogen-bond acceptors (Lipinski definition) is 3. The molecule has 2 heterocycles. The van der Waals surface area contributed by atoms with Crippen molar-refractivity contribution in [3.05, 3.63) is 23.8 Å². The van der Waals surface area contributed by atoms with E-state index in [0.717, 1.165) is 17.0 Å². The van der Waals surface area contributed by atoms with Crippen molar-refractivity contribution in [1.82, 2.24) is 0 Å². The molecule has 0 atom stereocenters. The Morgan fingerprint density at radius 3 is 3.00 bits per heavy atom. The van der Waals surface area contributed by atoms with E-state index in [4.69, 9.17) is 9.47 Å². The predicted octanol–water partition coefficient (Wildman–Crippen LogP) is 2.15. The fraction of sp³-hybridized carbons (Fsp3) is 0.300. The minimum atomic E-state index is -0.423. The molecule has 0 saturated heterocycles. The highest BCUT2D eigenvalue weighted by atomic mass is 16.5. The SMILES string of the molecule is CCOC(=O)Nc1cc2ccc1CO2. The summed E-state index contributed by atoms with van der Waals surface area (Å²) in [5.74, 6) is 0.770. The van der Waals surface area contributed by atoms with Crippen LogP contribution in [0.3, 0.4) is 0 Å². The lowest BCUT2D eigenvalue weighted by molar-refractivity contribution is 0.167. The maximum atomic E-state index is 11.1. The van der Waals surface area contributed by atoms with Crippen LogP contribution in [0.5, 0.6) is 5.75 Å². The number of benzene rings is 1. The molecule has 0 unspecified atom stereocenters. The molecule has 0 spiro atoms. The maximum absolute atomic E-state index is 11.1. The zero-order chi connectivity index (χ0) is 9.97. The minimum absolute atomic E-state index is 0.372. The number of carbonyl (C=O) groups excluding carboxylic acids is 1. The number of ether oxygens (including phenoxy) is 2. The summed E-state index contributed by atoms with van der Waals surface area (Å²) in [6.45, 7) is 2.66. The molecule has 1 N–H and O–H groups in total. The lowest BCUT2D eigenvalue weighted by atomic mass is 10.1. The smallest absolute Gasteiger partial charge is 0.411 e. The highest BCUT2D eigenvalue weighted by molar-refractivity contribution is 5.86. The Bertz CT molecular complexity index is 362. The van der Waals surface area contributed by atoms with E-state index in [1.54, 1.807) is 13.0 Å². The molecule has 74 valence electrons. The second kappa shape index (κ2) is 3.57. The average molecular weight is 193 g/mol. The molecular weight excluding hydrogens is 182 g/mol. The van der Waals surface area contributed by atoms with Crippen molar-refractivity contribution in [3.8, 4) is 5.75 Å². The van der Waals surface area contributed by atoms with Crippen LogP contribution in [0, 0.1) is 0 Å². The number of hydrogen-bond donors (Lipinski definition) is 1. The number of anilines is 1. The first kappa shape index (κ1) is 8.87. The van der Waals surface area contributed by atoms with Crippen LogP contribution in [0.2, 0.25) is 0 Å². The van der Waals surface area contributed by atoms with Crippen molar-refractivity contribution in [1.29, 1.82) is 0 Å². The molecule has 2 aliphatic rings. The van der Waals surface area contributed by atoms with Crippen LogP contribution in [0.15, 0.2) is 18.2 Å². The first-order valence-electron chi connectivity index (χ1n) is 4.49. The summed E-state index contributed by atoms with van der Waals surface area (Å²) in [6.07, 6.45) is -0.423. The molecule has 1 amide bonds. The van der Waals surface area contributed by atoms with Gasteiger partial charge in [-0.25, -0.2) is 4.79 Å². The zero-order valence-electron chi connectivity index (χ0n) is 7.87. The molecule has 2 aliphatic heterocycles. The van der Waals surface area contributed by atoms with Gasteiger partial charge < -0.3 is 9.47 Å². The number of amides is 1. The van der Waals surface area contributed by atoms with Gasteiger partial charge in [0.1, 0.15) is 12.4 Å². The highest BCUT2D eigenvalue weighted by Crippen LogP contribution is 2.29. The molecule has 14 heavy (non-hydrogen) atoms. The fourth-order valence-corrected chi connectivity index (χ4v) is 1.33. The Balaban J connectivity index is 2.11. The van der Waals surface area contributed by atoms with Crippen molar-refractivity contribution in [2.45, 2.75) is 13.5 Å². The third-order valence-electron chi connectivity index (χ3n) is 1.99. The summed E-state index contributed by atoms with van der Waals surface area (Å²) in [5, 5.41) is 2.66. The Hall–Kier alpha value is -1.71. The van der Waals surface area contributed by atoms with Gasteiger partial charge in [0.25, 0.3) is 0 Å². The summed E-state index contributed by atoms with van der Waals surface area (Å²) in [4.78, 5) is 11.1. The van der Waals surface area contributed by atoms with Crippen LogP contribution in [0.1, 0.15) is 12.5 Å². The van der Waals surface area contributed by atoms with Gasteiger partial charge in [-0.1, -0.05) is 0 Å². The molecule has 3 rings (SSSR count). The summed E-state index contributed by atoms with van der Waals surface area (Å²) in [5.41, 5.74) is 1.74. The molecule has 1 aromatic rings. The standard InChI is InChI=1S/C10H11NO3/c1-2-13-10(12)11-9-5-8-4-3-7(9)6-14-8/h3-5H,2,6H2,1H3,(H,11,12). The van der Waals surface area contributed by atoms with Crippen LogP contribution < -0.4 is 10.1 Å². The van der Waals surface area contributed by atoms with E-state index in [2.05, 4.69) is 5.32 Å². The van der Waals surface area contributed by atoms with Crippen molar-refractivity contribution in [2.75, 3.05) is 11.9 Å². The third kappa shape index (κ3) is 1.64. The predicted molar refractivity (Wildman–Crippen MR) is 51.4 cm³/mol. The van der Waals surface area contributed by atoms with Crippen molar-refractivity contribution in [2.24, 2.45) is 0 Å². The van der Waals surface area contributed by atoms with E-state index < -0.39 is 6.09 Å². The Kier molecular flexibility index (Phi) is 2.26. The Labute approximate surface area is 81.8 Å². The van der Waals surface area contributed by atoms with Gasteiger partial charge in [0, 0.05) is 11.6 Å². The third-order valence-corrected chi connectivity index (χ3v) is 1.99. The molecule has 1 aromatic carbocycles.